The summed E-state index contributed by atoms with van der Waals surface area (Å²) in [7, 11) is -2.25. The number of hydrogen-bond acceptors (Lipinski definition) is 1. The van der Waals surface area contributed by atoms with Gasteiger partial charge >= 0.3 is 0 Å². The van der Waals surface area contributed by atoms with Crippen LogP contribution in [-0.2, 0) is 4.57 Å². The quantitative estimate of drug-likeness (QED) is 0.686. The zero-order valence-corrected chi connectivity index (χ0v) is 11.8. The second-order valence-corrected chi connectivity index (χ2v) is 10.2. The van der Waals surface area contributed by atoms with Crippen molar-refractivity contribution in [2.24, 2.45) is 5.41 Å². The Kier molecular flexibility index (Phi) is 2.21. The molecule has 2 bridgehead atoms. The molecule has 2 aliphatic rings. The minimum absolute atomic E-state index is 0.0581. The van der Waals surface area contributed by atoms with E-state index in [0.717, 1.165) is 18.1 Å². The van der Waals surface area contributed by atoms with Crippen molar-refractivity contribution in [1.82, 2.24) is 0 Å². The Labute approximate surface area is 104 Å². The zero-order chi connectivity index (χ0) is 12.3. The lowest BCUT2D eigenvalue weighted by Crippen LogP contribution is -2.32. The van der Waals surface area contributed by atoms with Gasteiger partial charge in [0.1, 0.15) is 7.14 Å². The molecular formula is C15H21OP. The maximum Gasteiger partial charge on any atom is 0.124 e. The molecule has 1 aromatic rings. The standard InChI is InChI=1S/C15H21OP/c1-12-14(2)9-10-15(3,11-14)17(12,16)13-7-5-4-6-8-13/h4-8,12H,9-11H2,1-3H3. The van der Waals surface area contributed by atoms with Gasteiger partial charge in [0.2, 0.25) is 0 Å². The van der Waals surface area contributed by atoms with Crippen molar-refractivity contribution >= 4 is 12.4 Å². The van der Waals surface area contributed by atoms with Crippen molar-refractivity contribution in [3.8, 4) is 0 Å². The Morgan fingerprint density at radius 1 is 1.18 bits per heavy atom. The van der Waals surface area contributed by atoms with Gasteiger partial charge < -0.3 is 4.57 Å². The lowest BCUT2D eigenvalue weighted by Gasteiger charge is -2.39. The molecule has 17 heavy (non-hydrogen) atoms. The van der Waals surface area contributed by atoms with Crippen LogP contribution in [0.25, 0.3) is 0 Å². The summed E-state index contributed by atoms with van der Waals surface area (Å²) in [6, 6.07) is 10.2. The largest absolute Gasteiger partial charge is 0.318 e. The van der Waals surface area contributed by atoms with Crippen LogP contribution < -0.4 is 5.30 Å². The van der Waals surface area contributed by atoms with E-state index in [9.17, 15) is 4.57 Å². The SMILES string of the molecule is CC1C2(C)CCC(C)(C2)P1(=O)c1ccccc1. The van der Waals surface area contributed by atoms with Crippen LogP contribution in [0, 0.1) is 5.41 Å². The van der Waals surface area contributed by atoms with Gasteiger partial charge in [0.15, 0.2) is 0 Å². The molecule has 0 spiro atoms. The van der Waals surface area contributed by atoms with Crippen molar-refractivity contribution < 1.29 is 4.57 Å². The Bertz CT molecular complexity index is 495. The first-order chi connectivity index (χ1) is 7.92. The van der Waals surface area contributed by atoms with Crippen LogP contribution in [0.15, 0.2) is 30.3 Å². The van der Waals surface area contributed by atoms with Crippen LogP contribution in [0.5, 0.6) is 0 Å². The van der Waals surface area contributed by atoms with Gasteiger partial charge in [0, 0.05) is 16.1 Å². The molecule has 1 saturated carbocycles. The van der Waals surface area contributed by atoms with Crippen LogP contribution in [-0.4, -0.2) is 10.8 Å². The van der Waals surface area contributed by atoms with E-state index in [2.05, 4.69) is 32.9 Å². The average molecular weight is 248 g/mol. The summed E-state index contributed by atoms with van der Waals surface area (Å²) in [6.45, 7) is 6.82. The molecule has 1 aromatic carbocycles. The summed E-state index contributed by atoms with van der Waals surface area (Å²) in [6.07, 6.45) is 3.54. The summed E-state index contributed by atoms with van der Waals surface area (Å²) in [4.78, 5) is 0. The molecule has 1 aliphatic carbocycles. The molecule has 2 fully saturated rings. The second-order valence-electron chi connectivity index (χ2n) is 6.50. The van der Waals surface area contributed by atoms with Gasteiger partial charge in [-0.25, -0.2) is 0 Å². The number of rotatable bonds is 1. The molecule has 1 aliphatic heterocycles. The highest BCUT2D eigenvalue weighted by atomic mass is 31.2. The summed E-state index contributed by atoms with van der Waals surface area (Å²) in [5.74, 6) is 0. The van der Waals surface area contributed by atoms with Crippen LogP contribution in [0.4, 0.5) is 0 Å². The van der Waals surface area contributed by atoms with Gasteiger partial charge in [-0.15, -0.1) is 0 Å². The summed E-state index contributed by atoms with van der Waals surface area (Å²) in [5, 5.41) is 1.17. The van der Waals surface area contributed by atoms with Crippen molar-refractivity contribution in [2.45, 2.75) is 50.8 Å². The zero-order valence-electron chi connectivity index (χ0n) is 10.9. The van der Waals surface area contributed by atoms with Crippen molar-refractivity contribution in [1.29, 1.82) is 0 Å². The van der Waals surface area contributed by atoms with E-state index in [-0.39, 0.29) is 5.16 Å². The minimum Gasteiger partial charge on any atom is -0.318 e. The molecule has 1 heterocycles. The van der Waals surface area contributed by atoms with Crippen LogP contribution >= 0.6 is 7.14 Å². The molecule has 4 atom stereocenters. The Morgan fingerprint density at radius 2 is 1.82 bits per heavy atom. The van der Waals surface area contributed by atoms with E-state index < -0.39 is 7.14 Å². The van der Waals surface area contributed by atoms with Gasteiger partial charge in [-0.2, -0.15) is 0 Å². The van der Waals surface area contributed by atoms with Crippen molar-refractivity contribution in [3.05, 3.63) is 30.3 Å². The van der Waals surface area contributed by atoms with E-state index in [1.165, 1.54) is 6.42 Å². The maximum absolute atomic E-state index is 13.7. The molecule has 0 radical (unpaired) electrons. The third kappa shape index (κ3) is 1.24. The van der Waals surface area contributed by atoms with E-state index in [4.69, 9.17) is 0 Å². The third-order valence-corrected chi connectivity index (χ3v) is 10.3. The van der Waals surface area contributed by atoms with E-state index in [1.54, 1.807) is 0 Å². The molecule has 2 heteroatoms. The van der Waals surface area contributed by atoms with Crippen molar-refractivity contribution in [2.75, 3.05) is 0 Å². The highest BCUT2D eigenvalue weighted by molar-refractivity contribution is 7.74. The molecule has 0 amide bonds. The van der Waals surface area contributed by atoms with Crippen LogP contribution in [0.1, 0.15) is 40.0 Å². The fraction of sp³-hybridized carbons (Fsp3) is 0.600. The number of hydrogen-bond donors (Lipinski definition) is 0. The van der Waals surface area contributed by atoms with Crippen molar-refractivity contribution in [3.63, 3.8) is 0 Å². The molecular weight excluding hydrogens is 227 g/mol. The lowest BCUT2D eigenvalue weighted by molar-refractivity contribution is 0.338. The summed E-state index contributed by atoms with van der Waals surface area (Å²) < 4.78 is 13.7. The molecule has 1 saturated heterocycles. The normalized spacial score (nSPS) is 48.5. The maximum atomic E-state index is 13.7. The molecule has 4 unspecified atom stereocenters. The second kappa shape index (κ2) is 3.26. The van der Waals surface area contributed by atoms with Gasteiger partial charge in [0.25, 0.3) is 0 Å². The summed E-state index contributed by atoms with van der Waals surface area (Å²) >= 11 is 0. The predicted molar refractivity (Wildman–Crippen MR) is 73.5 cm³/mol. The highest BCUT2D eigenvalue weighted by Crippen LogP contribution is 2.80. The van der Waals surface area contributed by atoms with Gasteiger partial charge in [-0.3, -0.25) is 0 Å². The van der Waals surface area contributed by atoms with Crippen LogP contribution in [0.3, 0.4) is 0 Å². The topological polar surface area (TPSA) is 17.1 Å². The molecule has 92 valence electrons. The lowest BCUT2D eigenvalue weighted by atomic mass is 9.85. The van der Waals surface area contributed by atoms with Gasteiger partial charge in [0.05, 0.1) is 0 Å². The fourth-order valence-electron chi connectivity index (χ4n) is 4.33. The molecule has 0 aromatic heterocycles. The first-order valence-corrected chi connectivity index (χ1v) is 8.35. The summed E-state index contributed by atoms with van der Waals surface area (Å²) in [5.41, 5.74) is 0.649. The highest BCUT2D eigenvalue weighted by Gasteiger charge is 2.66. The Morgan fingerprint density at radius 3 is 2.35 bits per heavy atom. The Balaban J connectivity index is 2.19. The molecule has 3 rings (SSSR count). The fourth-order valence-corrected chi connectivity index (χ4v) is 9.09. The average Bonchev–Trinajstić information content (AvgIpc) is 2.73. The van der Waals surface area contributed by atoms with Crippen LogP contribution in [0.2, 0.25) is 0 Å². The first-order valence-electron chi connectivity index (χ1n) is 6.58. The number of benzene rings is 1. The third-order valence-electron chi connectivity index (χ3n) is 5.52. The molecule has 1 nitrogen and oxygen atoms in total. The minimum atomic E-state index is -2.25. The monoisotopic (exact) mass is 248 g/mol. The van der Waals surface area contributed by atoms with Gasteiger partial charge in [-0.1, -0.05) is 51.1 Å². The van der Waals surface area contributed by atoms with E-state index >= 15 is 0 Å². The van der Waals surface area contributed by atoms with E-state index in [1.807, 2.05) is 18.2 Å². The van der Waals surface area contributed by atoms with E-state index in [0.29, 0.717) is 11.1 Å². The van der Waals surface area contributed by atoms with Gasteiger partial charge in [-0.05, 0) is 24.7 Å². The Hall–Kier alpha value is -0.550. The smallest absolute Gasteiger partial charge is 0.124 e. The first kappa shape index (κ1) is 11.5. The predicted octanol–water partition coefficient (Wildman–Crippen LogP) is 4.03. The molecule has 0 N–H and O–H groups in total. The number of fused-ring (bicyclic) bond motifs is 2.